The lowest BCUT2D eigenvalue weighted by Crippen LogP contribution is -2.43. The zero-order chi connectivity index (χ0) is 23.9. The molecule has 0 aliphatic heterocycles. The average molecular weight is 461 g/mol. The van der Waals surface area contributed by atoms with Crippen molar-refractivity contribution in [3.05, 3.63) is 70.3 Å². The number of aryl methyl sites for hydroxylation is 1. The molecule has 3 atom stereocenters. The van der Waals surface area contributed by atoms with Crippen LogP contribution in [-0.2, 0) is 18.3 Å². The Hall–Kier alpha value is -2.26. The van der Waals surface area contributed by atoms with Gasteiger partial charge >= 0.3 is 0 Å². The Labute approximate surface area is 204 Å². The molecule has 34 heavy (non-hydrogen) atoms. The Bertz CT molecular complexity index is 1050. The molecule has 3 nitrogen and oxygen atoms in total. The number of aliphatic hydroxyl groups excluding tert-OH is 1. The summed E-state index contributed by atoms with van der Waals surface area (Å²) in [6.07, 6.45) is 10.3. The fourth-order valence-corrected chi connectivity index (χ4v) is 7.63. The molecular weight excluding hydrogens is 420 g/mol. The highest BCUT2D eigenvalue weighted by molar-refractivity contribution is 5.59. The number of methoxy groups -OCH3 is 1. The average Bonchev–Trinajstić information content (AvgIpc) is 3.14. The van der Waals surface area contributed by atoms with E-state index < -0.39 is 0 Å². The molecule has 0 radical (unpaired) electrons. The summed E-state index contributed by atoms with van der Waals surface area (Å²) in [5.41, 5.74) is 7.01. The first-order chi connectivity index (χ1) is 16.4. The van der Waals surface area contributed by atoms with Crippen molar-refractivity contribution in [2.24, 2.45) is 11.3 Å². The number of ether oxygens (including phenoxy) is 1. The van der Waals surface area contributed by atoms with Crippen LogP contribution in [0.25, 0.3) is 0 Å². The Morgan fingerprint density at radius 3 is 2.59 bits per heavy atom. The lowest BCUT2D eigenvalue weighted by Gasteiger charge is -2.51. The largest absolute Gasteiger partial charge is 0.508 e. The molecule has 3 aliphatic rings. The van der Waals surface area contributed by atoms with Gasteiger partial charge in [0, 0.05) is 17.0 Å². The number of hydrogen-bond donors (Lipinski definition) is 2. The fourth-order valence-electron chi connectivity index (χ4n) is 7.63. The maximum absolute atomic E-state index is 10.9. The number of aliphatic hydroxyl groups is 1. The second kappa shape index (κ2) is 9.07. The maximum Gasteiger partial charge on any atom is 0.126 e. The molecule has 3 aliphatic carbocycles. The molecule has 1 saturated carbocycles. The standard InChI is InChI=1S/C31H40O3/c1-21(2)8-7-13-30-14-15-31(19-22-9-5-4-6-10-22)26(27(30)17-25(33)20-30)12-11-23-16-24(32)18-28(34-3)29(23)31/h4-6,9-10,16,18,21,25,32-33H,7-8,11-15,17,19-20H2,1-3H3/t25-,30-,31+/m0/s1. The van der Waals surface area contributed by atoms with Crippen molar-refractivity contribution >= 4 is 0 Å². The van der Waals surface area contributed by atoms with Gasteiger partial charge in [-0.05, 0) is 79.9 Å². The first-order valence-corrected chi connectivity index (χ1v) is 13.2. The number of fused-ring (bicyclic) bond motifs is 4. The van der Waals surface area contributed by atoms with Crippen LogP contribution in [0, 0.1) is 11.3 Å². The Morgan fingerprint density at radius 1 is 1.06 bits per heavy atom. The first-order valence-electron chi connectivity index (χ1n) is 13.2. The van der Waals surface area contributed by atoms with Crippen LogP contribution in [0.2, 0.25) is 0 Å². The third kappa shape index (κ3) is 3.96. The fraction of sp³-hybridized carbons (Fsp3) is 0.548. The lowest BCUT2D eigenvalue weighted by atomic mass is 9.52. The van der Waals surface area contributed by atoms with Gasteiger partial charge in [0.15, 0.2) is 0 Å². The normalized spacial score (nSPS) is 28.0. The third-order valence-corrected chi connectivity index (χ3v) is 8.98. The Balaban J connectivity index is 1.68. The molecule has 2 aromatic rings. The highest BCUT2D eigenvalue weighted by Crippen LogP contribution is 2.63. The van der Waals surface area contributed by atoms with Gasteiger partial charge in [-0.15, -0.1) is 0 Å². The van der Waals surface area contributed by atoms with Gasteiger partial charge in [0.2, 0.25) is 0 Å². The number of phenolic OH excluding ortho intramolecular Hbond substituents is 1. The molecule has 0 bridgehead atoms. The van der Waals surface area contributed by atoms with Crippen molar-refractivity contribution in [3.63, 3.8) is 0 Å². The molecule has 2 aromatic carbocycles. The van der Waals surface area contributed by atoms with Crippen molar-refractivity contribution in [2.45, 2.75) is 89.6 Å². The van der Waals surface area contributed by atoms with Gasteiger partial charge in [0.1, 0.15) is 11.5 Å². The van der Waals surface area contributed by atoms with Gasteiger partial charge in [0.25, 0.3) is 0 Å². The van der Waals surface area contributed by atoms with E-state index >= 15 is 0 Å². The molecule has 2 N–H and O–H groups in total. The van der Waals surface area contributed by atoms with Crippen molar-refractivity contribution in [3.8, 4) is 11.5 Å². The number of benzene rings is 2. The quantitative estimate of drug-likeness (QED) is 0.443. The summed E-state index contributed by atoms with van der Waals surface area (Å²) < 4.78 is 5.92. The van der Waals surface area contributed by atoms with Crippen LogP contribution in [0.15, 0.2) is 53.6 Å². The Morgan fingerprint density at radius 2 is 1.85 bits per heavy atom. The van der Waals surface area contributed by atoms with Crippen molar-refractivity contribution in [1.29, 1.82) is 0 Å². The second-order valence-electron chi connectivity index (χ2n) is 11.5. The molecule has 0 aromatic heterocycles. The van der Waals surface area contributed by atoms with Gasteiger partial charge < -0.3 is 14.9 Å². The molecule has 0 saturated heterocycles. The molecule has 182 valence electrons. The van der Waals surface area contributed by atoms with Gasteiger partial charge in [-0.25, -0.2) is 0 Å². The van der Waals surface area contributed by atoms with E-state index in [0.717, 1.165) is 56.6 Å². The summed E-state index contributed by atoms with van der Waals surface area (Å²) in [5, 5.41) is 21.4. The SMILES string of the molecule is COc1cc(O)cc2c1[C@@]1(Cc3ccccc3)CC[C@@]3(CCCC(C)C)C[C@@H](O)CC3=C1CC2. The zero-order valence-electron chi connectivity index (χ0n) is 21.1. The molecular formula is C31H40O3. The van der Waals surface area contributed by atoms with E-state index in [4.69, 9.17) is 4.74 Å². The van der Waals surface area contributed by atoms with Gasteiger partial charge in [-0.2, -0.15) is 0 Å². The number of allylic oxidation sites excluding steroid dienone is 1. The molecule has 1 fully saturated rings. The zero-order valence-corrected chi connectivity index (χ0v) is 21.1. The van der Waals surface area contributed by atoms with Crippen LogP contribution in [0.5, 0.6) is 11.5 Å². The van der Waals surface area contributed by atoms with Crippen LogP contribution < -0.4 is 4.74 Å². The third-order valence-electron chi connectivity index (χ3n) is 8.98. The van der Waals surface area contributed by atoms with Gasteiger partial charge in [-0.3, -0.25) is 0 Å². The van der Waals surface area contributed by atoms with E-state index in [2.05, 4.69) is 44.2 Å². The number of phenols is 1. The molecule has 0 spiro atoms. The lowest BCUT2D eigenvalue weighted by molar-refractivity contribution is 0.141. The van der Waals surface area contributed by atoms with Crippen LogP contribution in [0.1, 0.15) is 81.9 Å². The molecule has 3 heteroatoms. The van der Waals surface area contributed by atoms with Crippen LogP contribution in [-0.4, -0.2) is 23.4 Å². The van der Waals surface area contributed by atoms with Crippen LogP contribution in [0.3, 0.4) is 0 Å². The minimum absolute atomic E-state index is 0.130. The van der Waals surface area contributed by atoms with E-state index in [-0.39, 0.29) is 22.7 Å². The van der Waals surface area contributed by atoms with E-state index in [9.17, 15) is 10.2 Å². The maximum atomic E-state index is 10.9. The second-order valence-corrected chi connectivity index (χ2v) is 11.5. The topological polar surface area (TPSA) is 49.7 Å². The summed E-state index contributed by atoms with van der Waals surface area (Å²) in [7, 11) is 1.73. The number of hydrogen-bond acceptors (Lipinski definition) is 3. The van der Waals surface area contributed by atoms with Crippen molar-refractivity contribution in [2.75, 3.05) is 7.11 Å². The summed E-state index contributed by atoms with van der Waals surface area (Å²) in [6, 6.07) is 14.6. The molecule has 0 heterocycles. The minimum atomic E-state index is -0.225. The van der Waals surface area contributed by atoms with E-state index in [0.29, 0.717) is 0 Å². The Kier molecular flexibility index (Phi) is 6.27. The highest BCUT2D eigenvalue weighted by atomic mass is 16.5. The highest BCUT2D eigenvalue weighted by Gasteiger charge is 2.54. The van der Waals surface area contributed by atoms with Gasteiger partial charge in [-0.1, -0.05) is 68.2 Å². The summed E-state index contributed by atoms with van der Waals surface area (Å²) >= 11 is 0. The summed E-state index contributed by atoms with van der Waals surface area (Å²) in [4.78, 5) is 0. The van der Waals surface area contributed by atoms with Gasteiger partial charge in [0.05, 0.1) is 13.2 Å². The van der Waals surface area contributed by atoms with E-state index in [1.54, 1.807) is 24.3 Å². The minimum Gasteiger partial charge on any atom is -0.508 e. The molecule has 5 rings (SSSR count). The first kappa shape index (κ1) is 23.5. The predicted octanol–water partition coefficient (Wildman–Crippen LogP) is 6.89. The van der Waals surface area contributed by atoms with Crippen molar-refractivity contribution in [1.82, 2.24) is 0 Å². The van der Waals surface area contributed by atoms with E-state index in [1.807, 2.05) is 6.07 Å². The van der Waals surface area contributed by atoms with Crippen molar-refractivity contribution < 1.29 is 14.9 Å². The summed E-state index contributed by atoms with van der Waals surface area (Å²) in [6.45, 7) is 4.62. The smallest absolute Gasteiger partial charge is 0.126 e. The molecule has 0 unspecified atom stereocenters. The monoisotopic (exact) mass is 460 g/mol. The summed E-state index contributed by atoms with van der Waals surface area (Å²) in [5.74, 6) is 1.82. The predicted molar refractivity (Wildman–Crippen MR) is 137 cm³/mol. The molecule has 0 amide bonds. The van der Waals surface area contributed by atoms with E-state index in [1.165, 1.54) is 36.0 Å². The van der Waals surface area contributed by atoms with Crippen LogP contribution >= 0.6 is 0 Å². The number of aromatic hydroxyl groups is 1. The van der Waals surface area contributed by atoms with Crippen LogP contribution in [0.4, 0.5) is 0 Å². The number of rotatable bonds is 7.